The lowest BCUT2D eigenvalue weighted by atomic mass is 10.2. The highest BCUT2D eigenvalue weighted by atomic mass is 16.4. The minimum Gasteiger partial charge on any atom is -0.480 e. The predicted molar refractivity (Wildman–Crippen MR) is 64.9 cm³/mol. The second kappa shape index (κ2) is 4.85. The van der Waals surface area contributed by atoms with Crippen molar-refractivity contribution >= 4 is 11.9 Å². The number of aryl methyl sites for hydroxylation is 1. The number of H-pyrrole nitrogens is 1. The van der Waals surface area contributed by atoms with Crippen LogP contribution in [0, 0.1) is 6.92 Å². The molecule has 0 saturated carbocycles. The average molecular weight is 266 g/mol. The van der Waals surface area contributed by atoms with Crippen molar-refractivity contribution in [3.63, 3.8) is 0 Å². The summed E-state index contributed by atoms with van der Waals surface area (Å²) in [6.07, 6.45) is 0.364. The Labute approximate surface area is 108 Å². The zero-order valence-corrected chi connectivity index (χ0v) is 10.3. The fraction of sp³-hybridized carbons (Fsp3) is 0.417. The van der Waals surface area contributed by atoms with Crippen molar-refractivity contribution in [2.24, 2.45) is 0 Å². The largest absolute Gasteiger partial charge is 0.480 e. The highest BCUT2D eigenvalue weighted by Gasteiger charge is 2.39. The molecule has 1 aromatic rings. The first-order valence-electron chi connectivity index (χ1n) is 5.81. The normalized spacial score (nSPS) is 22.5. The van der Waals surface area contributed by atoms with E-state index in [1.54, 1.807) is 6.92 Å². The molecule has 2 heterocycles. The van der Waals surface area contributed by atoms with Crippen molar-refractivity contribution in [3.8, 4) is 0 Å². The molecule has 7 nitrogen and oxygen atoms in total. The lowest BCUT2D eigenvalue weighted by molar-refractivity contribution is -0.141. The molecular weight excluding hydrogens is 252 g/mol. The number of carboxylic acids is 1. The quantitative estimate of drug-likeness (QED) is 0.658. The molecule has 1 aliphatic heterocycles. The highest BCUT2D eigenvalue weighted by Crippen LogP contribution is 2.19. The van der Waals surface area contributed by atoms with E-state index < -0.39 is 29.5 Å². The number of nitrogens with one attached hydrogen (secondary N) is 1. The highest BCUT2D eigenvalue weighted by molar-refractivity contribution is 5.96. The van der Waals surface area contributed by atoms with Crippen molar-refractivity contribution in [2.75, 3.05) is 6.54 Å². The molecule has 1 aliphatic rings. The molecule has 1 fully saturated rings. The van der Waals surface area contributed by atoms with Crippen molar-refractivity contribution in [1.82, 2.24) is 9.88 Å². The molecule has 1 amide bonds. The molecule has 0 aliphatic carbocycles. The topological polar surface area (TPSA) is 111 Å². The van der Waals surface area contributed by atoms with Gasteiger partial charge in [0.05, 0.1) is 6.10 Å². The molecule has 19 heavy (non-hydrogen) atoms. The summed E-state index contributed by atoms with van der Waals surface area (Å²) in [5, 5.41) is 18.5. The SMILES string of the molecule is Cc1cc(=O)c(C(=O)N2C[C@H](O)C[C@@H]2C(=O)O)c[nH]1. The van der Waals surface area contributed by atoms with Crippen LogP contribution < -0.4 is 5.43 Å². The van der Waals surface area contributed by atoms with E-state index in [0.29, 0.717) is 5.69 Å². The molecule has 0 radical (unpaired) electrons. The zero-order valence-electron chi connectivity index (χ0n) is 10.3. The van der Waals surface area contributed by atoms with Crippen LogP contribution in [0.15, 0.2) is 17.1 Å². The molecule has 3 N–H and O–H groups in total. The van der Waals surface area contributed by atoms with Gasteiger partial charge in [0.15, 0.2) is 5.43 Å². The molecule has 0 aromatic carbocycles. The minimum atomic E-state index is -1.19. The van der Waals surface area contributed by atoms with E-state index in [0.717, 1.165) is 4.90 Å². The first-order chi connectivity index (χ1) is 8.90. The first kappa shape index (κ1) is 13.3. The number of aromatic nitrogens is 1. The lowest BCUT2D eigenvalue weighted by Crippen LogP contribution is -2.42. The van der Waals surface area contributed by atoms with Crippen molar-refractivity contribution in [2.45, 2.75) is 25.5 Å². The van der Waals surface area contributed by atoms with Crippen molar-refractivity contribution < 1.29 is 19.8 Å². The van der Waals surface area contributed by atoms with Gasteiger partial charge in [-0.15, -0.1) is 0 Å². The predicted octanol–water partition coefficient (Wildman–Crippen LogP) is -0.657. The summed E-state index contributed by atoms with van der Waals surface area (Å²) < 4.78 is 0. The maximum Gasteiger partial charge on any atom is 0.326 e. The zero-order chi connectivity index (χ0) is 14.2. The number of hydrogen-bond donors (Lipinski definition) is 3. The number of aromatic amines is 1. The van der Waals surface area contributed by atoms with E-state index in [9.17, 15) is 19.5 Å². The summed E-state index contributed by atoms with van der Waals surface area (Å²) in [5.41, 5.74) is 0.0236. The van der Waals surface area contributed by atoms with E-state index in [-0.39, 0.29) is 18.5 Å². The van der Waals surface area contributed by atoms with Crippen LogP contribution in [0.3, 0.4) is 0 Å². The fourth-order valence-electron chi connectivity index (χ4n) is 2.17. The number of aliphatic hydroxyl groups excluding tert-OH is 1. The summed E-state index contributed by atoms with van der Waals surface area (Å²) in [6.45, 7) is 1.60. The fourth-order valence-corrected chi connectivity index (χ4v) is 2.17. The first-order valence-corrected chi connectivity index (χ1v) is 5.81. The van der Waals surface area contributed by atoms with Gasteiger partial charge in [0.25, 0.3) is 5.91 Å². The number of likely N-dealkylation sites (tertiary alicyclic amines) is 1. The third kappa shape index (κ3) is 2.50. The second-order valence-electron chi connectivity index (χ2n) is 4.60. The maximum atomic E-state index is 12.2. The van der Waals surface area contributed by atoms with Crippen molar-refractivity contribution in [3.05, 3.63) is 33.7 Å². The van der Waals surface area contributed by atoms with Gasteiger partial charge in [-0.25, -0.2) is 4.79 Å². The summed E-state index contributed by atoms with van der Waals surface area (Å²) in [4.78, 5) is 38.7. The number of pyridine rings is 1. The van der Waals surface area contributed by atoms with Gasteiger partial charge in [0, 0.05) is 30.9 Å². The summed E-state index contributed by atoms with van der Waals surface area (Å²) in [7, 11) is 0. The number of hydrogen-bond acceptors (Lipinski definition) is 4. The van der Waals surface area contributed by atoms with Crippen LogP contribution in [0.1, 0.15) is 22.5 Å². The van der Waals surface area contributed by atoms with Gasteiger partial charge < -0.3 is 20.1 Å². The molecule has 102 valence electrons. The van der Waals surface area contributed by atoms with Gasteiger partial charge in [-0.1, -0.05) is 0 Å². The Kier molecular flexibility index (Phi) is 3.39. The van der Waals surface area contributed by atoms with Gasteiger partial charge in [-0.05, 0) is 6.92 Å². The summed E-state index contributed by atoms with van der Waals surface area (Å²) in [6, 6.07) is 0.179. The maximum absolute atomic E-state index is 12.2. The number of carbonyl (C=O) groups is 2. The summed E-state index contributed by atoms with van der Waals surface area (Å²) >= 11 is 0. The number of nitrogens with zero attached hydrogens (tertiary/aromatic N) is 1. The number of carbonyl (C=O) groups excluding carboxylic acids is 1. The Morgan fingerprint density at radius 2 is 2.16 bits per heavy atom. The van der Waals surface area contributed by atoms with Gasteiger partial charge in [0.1, 0.15) is 11.6 Å². The Balaban J connectivity index is 2.33. The third-order valence-electron chi connectivity index (χ3n) is 3.11. The number of amides is 1. The second-order valence-corrected chi connectivity index (χ2v) is 4.60. The van der Waals surface area contributed by atoms with E-state index >= 15 is 0 Å². The molecular formula is C12H14N2O5. The van der Waals surface area contributed by atoms with Crippen LogP contribution in [-0.4, -0.2) is 50.7 Å². The van der Waals surface area contributed by atoms with Crippen LogP contribution in [0.5, 0.6) is 0 Å². The molecule has 0 bridgehead atoms. The van der Waals surface area contributed by atoms with E-state index in [1.807, 2.05) is 0 Å². The molecule has 2 rings (SSSR count). The molecule has 1 aromatic heterocycles. The van der Waals surface area contributed by atoms with E-state index in [2.05, 4.69) is 4.98 Å². The Bertz CT molecular complexity index is 580. The molecule has 2 atom stereocenters. The Hall–Kier alpha value is -2.15. The number of β-amino-alcohol motifs (C(OH)–C–C–N with tert-alkyl or cyclic N) is 1. The number of aliphatic hydroxyl groups is 1. The van der Waals surface area contributed by atoms with Crippen LogP contribution in [0.4, 0.5) is 0 Å². The average Bonchev–Trinajstić information content (AvgIpc) is 2.70. The Morgan fingerprint density at radius 3 is 2.74 bits per heavy atom. The standard InChI is InChI=1S/C12H14N2O5/c1-6-2-10(16)8(4-13-6)11(17)14-5-7(15)3-9(14)12(18)19/h2,4,7,9,15H,3,5H2,1H3,(H,13,16)(H,18,19)/t7-,9-/m1/s1. The Morgan fingerprint density at radius 1 is 1.47 bits per heavy atom. The van der Waals surface area contributed by atoms with Gasteiger partial charge in [-0.3, -0.25) is 9.59 Å². The van der Waals surface area contributed by atoms with Gasteiger partial charge in [-0.2, -0.15) is 0 Å². The van der Waals surface area contributed by atoms with Gasteiger partial charge >= 0.3 is 5.97 Å². The minimum absolute atomic E-state index is 0.0230. The van der Waals surface area contributed by atoms with E-state index in [4.69, 9.17) is 5.11 Å². The van der Waals surface area contributed by atoms with Crippen LogP contribution in [0.25, 0.3) is 0 Å². The molecule has 7 heteroatoms. The third-order valence-corrected chi connectivity index (χ3v) is 3.11. The number of aliphatic carboxylic acids is 1. The number of rotatable bonds is 2. The smallest absolute Gasteiger partial charge is 0.326 e. The van der Waals surface area contributed by atoms with E-state index in [1.165, 1.54) is 12.3 Å². The summed E-state index contributed by atoms with van der Waals surface area (Å²) in [5.74, 6) is -1.86. The van der Waals surface area contributed by atoms with Crippen LogP contribution in [-0.2, 0) is 4.79 Å². The molecule has 0 spiro atoms. The lowest BCUT2D eigenvalue weighted by Gasteiger charge is -2.20. The van der Waals surface area contributed by atoms with Crippen LogP contribution in [0.2, 0.25) is 0 Å². The van der Waals surface area contributed by atoms with Crippen LogP contribution >= 0.6 is 0 Å². The monoisotopic (exact) mass is 266 g/mol. The van der Waals surface area contributed by atoms with Crippen molar-refractivity contribution in [1.29, 1.82) is 0 Å². The molecule has 0 unspecified atom stereocenters. The molecule has 1 saturated heterocycles. The van der Waals surface area contributed by atoms with Gasteiger partial charge in [0.2, 0.25) is 0 Å². The number of carboxylic acid groups (broad SMARTS) is 1.